The van der Waals surface area contributed by atoms with Gasteiger partial charge in [0.2, 0.25) is 5.89 Å². The Morgan fingerprint density at radius 1 is 1.09 bits per heavy atom. The highest BCUT2D eigenvalue weighted by molar-refractivity contribution is 7.98. The van der Waals surface area contributed by atoms with Gasteiger partial charge in [-0.05, 0) is 29.8 Å². The van der Waals surface area contributed by atoms with E-state index in [9.17, 15) is 5.26 Å². The first-order valence-corrected chi connectivity index (χ1v) is 7.96. The molecule has 0 saturated heterocycles. The monoisotopic (exact) mass is 326 g/mol. The molecule has 0 amide bonds. The van der Waals surface area contributed by atoms with Crippen LogP contribution in [-0.2, 0) is 5.75 Å². The molecule has 0 aliphatic carbocycles. The number of hydrogen-bond acceptors (Lipinski definition) is 4. The lowest BCUT2D eigenvalue weighted by molar-refractivity contribution is 0.483. The van der Waals surface area contributed by atoms with Gasteiger partial charge in [0.25, 0.3) is 0 Å². The van der Waals surface area contributed by atoms with Gasteiger partial charge in [-0.1, -0.05) is 53.7 Å². The maximum atomic E-state index is 9.21. The summed E-state index contributed by atoms with van der Waals surface area (Å²) >= 11 is 7.32. The Morgan fingerprint density at radius 2 is 1.82 bits per heavy atom. The van der Waals surface area contributed by atoms with Crippen LogP contribution in [0.15, 0.2) is 64.1 Å². The van der Waals surface area contributed by atoms with E-state index in [4.69, 9.17) is 16.0 Å². The average Bonchev–Trinajstić information content (AvgIpc) is 2.98. The molecule has 0 radical (unpaired) electrons. The maximum Gasteiger partial charge on any atom is 0.228 e. The summed E-state index contributed by atoms with van der Waals surface area (Å²) in [6.45, 7) is 0. The number of nitrogens with zero attached hydrogens (tertiary/aromatic N) is 2. The minimum atomic E-state index is 0.317. The third-order valence-corrected chi connectivity index (χ3v) is 4.27. The van der Waals surface area contributed by atoms with Gasteiger partial charge in [-0.25, -0.2) is 0 Å². The second-order valence-electron chi connectivity index (χ2n) is 4.55. The van der Waals surface area contributed by atoms with E-state index >= 15 is 0 Å². The molecule has 0 fully saturated rings. The van der Waals surface area contributed by atoms with Crippen molar-refractivity contribution in [1.29, 1.82) is 5.26 Å². The molecule has 3 rings (SSSR count). The van der Waals surface area contributed by atoms with Crippen LogP contribution in [0.25, 0.3) is 11.5 Å². The smallest absolute Gasteiger partial charge is 0.228 e. The molecule has 0 aliphatic rings. The van der Waals surface area contributed by atoms with Crippen molar-refractivity contribution in [1.82, 2.24) is 4.98 Å². The summed E-state index contributed by atoms with van der Waals surface area (Å²) in [6, 6.07) is 19.2. The zero-order valence-corrected chi connectivity index (χ0v) is 13.1. The van der Waals surface area contributed by atoms with E-state index in [1.165, 1.54) is 11.8 Å². The van der Waals surface area contributed by atoms with Crippen molar-refractivity contribution < 1.29 is 4.42 Å². The molecular formula is C17H11ClN2OS. The van der Waals surface area contributed by atoms with Gasteiger partial charge in [0.1, 0.15) is 6.07 Å². The third-order valence-electron chi connectivity index (χ3n) is 3.01. The minimum Gasteiger partial charge on any atom is -0.428 e. The number of oxazole rings is 1. The quantitative estimate of drug-likeness (QED) is 0.621. The highest BCUT2D eigenvalue weighted by atomic mass is 35.5. The van der Waals surface area contributed by atoms with Crippen LogP contribution >= 0.6 is 23.4 Å². The third kappa shape index (κ3) is 3.33. The van der Waals surface area contributed by atoms with E-state index in [1.807, 2.05) is 54.6 Å². The van der Waals surface area contributed by atoms with Crippen molar-refractivity contribution in [2.24, 2.45) is 0 Å². The van der Waals surface area contributed by atoms with Gasteiger partial charge in [-0.3, -0.25) is 0 Å². The molecule has 108 valence electrons. The van der Waals surface area contributed by atoms with E-state index in [1.54, 1.807) is 0 Å². The lowest BCUT2D eigenvalue weighted by Gasteiger charge is -1.99. The van der Waals surface area contributed by atoms with Gasteiger partial charge < -0.3 is 4.42 Å². The zero-order chi connectivity index (χ0) is 15.4. The van der Waals surface area contributed by atoms with Gasteiger partial charge in [-0.15, -0.1) is 0 Å². The van der Waals surface area contributed by atoms with Crippen molar-refractivity contribution in [2.45, 2.75) is 10.8 Å². The SMILES string of the molecule is N#Cc1nc(-c2ccccc2)oc1SCc1ccc(Cl)cc1. The summed E-state index contributed by atoms with van der Waals surface area (Å²) < 4.78 is 5.74. The molecule has 22 heavy (non-hydrogen) atoms. The number of benzene rings is 2. The van der Waals surface area contributed by atoms with Gasteiger partial charge in [0, 0.05) is 16.3 Å². The van der Waals surface area contributed by atoms with Crippen molar-refractivity contribution >= 4 is 23.4 Å². The first kappa shape index (κ1) is 14.7. The summed E-state index contributed by atoms with van der Waals surface area (Å²) in [4.78, 5) is 4.26. The van der Waals surface area contributed by atoms with E-state index in [-0.39, 0.29) is 0 Å². The second kappa shape index (κ2) is 6.69. The fraction of sp³-hybridized carbons (Fsp3) is 0.0588. The van der Waals surface area contributed by atoms with Crippen molar-refractivity contribution in [3.63, 3.8) is 0 Å². The number of thioether (sulfide) groups is 1. The topological polar surface area (TPSA) is 49.8 Å². The van der Waals surface area contributed by atoms with Crippen LogP contribution in [0.4, 0.5) is 0 Å². The van der Waals surface area contributed by atoms with Crippen LogP contribution in [-0.4, -0.2) is 4.98 Å². The summed E-state index contributed by atoms with van der Waals surface area (Å²) in [7, 11) is 0. The molecule has 0 aliphatic heterocycles. The van der Waals surface area contributed by atoms with Gasteiger partial charge in [0.15, 0.2) is 10.8 Å². The average molecular weight is 327 g/mol. The Bertz CT molecular complexity index is 807. The normalized spacial score (nSPS) is 10.4. The second-order valence-corrected chi connectivity index (χ2v) is 5.93. The molecule has 3 aromatic rings. The van der Waals surface area contributed by atoms with Crippen LogP contribution in [0.5, 0.6) is 0 Å². The lowest BCUT2D eigenvalue weighted by Crippen LogP contribution is -1.81. The molecule has 0 saturated carbocycles. The molecule has 5 heteroatoms. The number of rotatable bonds is 4. The number of halogens is 1. The lowest BCUT2D eigenvalue weighted by atomic mass is 10.2. The number of aromatic nitrogens is 1. The van der Waals surface area contributed by atoms with Gasteiger partial charge >= 0.3 is 0 Å². The Hall–Kier alpha value is -2.22. The fourth-order valence-corrected chi connectivity index (χ4v) is 2.89. The number of hydrogen-bond donors (Lipinski definition) is 0. The molecule has 3 nitrogen and oxygen atoms in total. The molecule has 1 heterocycles. The van der Waals surface area contributed by atoms with E-state index in [0.29, 0.717) is 27.5 Å². The molecule has 0 N–H and O–H groups in total. The number of nitriles is 1. The molecule has 1 aromatic heterocycles. The molecular weight excluding hydrogens is 316 g/mol. The molecule has 0 bridgehead atoms. The fourth-order valence-electron chi connectivity index (χ4n) is 1.91. The van der Waals surface area contributed by atoms with E-state index in [0.717, 1.165) is 11.1 Å². The Kier molecular flexibility index (Phi) is 4.47. The van der Waals surface area contributed by atoms with Crippen LogP contribution in [0.3, 0.4) is 0 Å². The van der Waals surface area contributed by atoms with E-state index in [2.05, 4.69) is 11.1 Å². The van der Waals surface area contributed by atoms with Crippen molar-refractivity contribution in [2.75, 3.05) is 0 Å². The predicted octanol–water partition coefficient (Wildman–Crippen LogP) is 5.16. The summed E-state index contributed by atoms with van der Waals surface area (Å²) in [6.07, 6.45) is 0. The van der Waals surface area contributed by atoms with Crippen LogP contribution in [0.1, 0.15) is 11.3 Å². The first-order valence-electron chi connectivity index (χ1n) is 6.60. The predicted molar refractivity (Wildman–Crippen MR) is 87.7 cm³/mol. The standard InChI is InChI=1S/C17H11ClN2OS/c18-14-8-6-12(7-9-14)11-22-17-15(10-19)20-16(21-17)13-4-2-1-3-5-13/h1-9H,11H2. The first-order chi connectivity index (χ1) is 10.8. The molecule has 2 aromatic carbocycles. The largest absolute Gasteiger partial charge is 0.428 e. The molecule has 0 atom stereocenters. The van der Waals surface area contributed by atoms with Crippen molar-refractivity contribution in [3.05, 3.63) is 70.9 Å². The highest BCUT2D eigenvalue weighted by Crippen LogP contribution is 2.31. The highest BCUT2D eigenvalue weighted by Gasteiger charge is 2.14. The molecule has 0 spiro atoms. The molecule has 0 unspecified atom stereocenters. The van der Waals surface area contributed by atoms with Crippen LogP contribution < -0.4 is 0 Å². The Balaban J connectivity index is 1.80. The van der Waals surface area contributed by atoms with Gasteiger partial charge in [-0.2, -0.15) is 10.2 Å². The zero-order valence-electron chi connectivity index (χ0n) is 11.5. The Labute approximate surface area is 137 Å². The summed E-state index contributed by atoms with van der Waals surface area (Å²) in [5, 5.41) is 10.5. The van der Waals surface area contributed by atoms with E-state index < -0.39 is 0 Å². The van der Waals surface area contributed by atoms with Crippen LogP contribution in [0, 0.1) is 11.3 Å². The van der Waals surface area contributed by atoms with Crippen molar-refractivity contribution in [3.8, 4) is 17.5 Å². The van der Waals surface area contributed by atoms with Crippen LogP contribution in [0.2, 0.25) is 5.02 Å². The Morgan fingerprint density at radius 3 is 2.50 bits per heavy atom. The summed E-state index contributed by atoms with van der Waals surface area (Å²) in [5.41, 5.74) is 2.28. The van der Waals surface area contributed by atoms with Gasteiger partial charge in [0.05, 0.1) is 0 Å². The minimum absolute atomic E-state index is 0.317. The maximum absolute atomic E-state index is 9.21. The summed E-state index contributed by atoms with van der Waals surface area (Å²) in [5.74, 6) is 1.16.